The Morgan fingerprint density at radius 2 is 1.86 bits per heavy atom. The topological polar surface area (TPSA) is 32.3 Å². The van der Waals surface area contributed by atoms with Crippen LogP contribution in [0.3, 0.4) is 0 Å². The average Bonchev–Trinajstić information content (AvgIpc) is 2.47. The lowest BCUT2D eigenvalue weighted by molar-refractivity contribution is 0.465. The fraction of sp³-hybridized carbons (Fsp3) is 0.368. The van der Waals surface area contributed by atoms with Crippen LogP contribution in [0.4, 0.5) is 0 Å². The van der Waals surface area contributed by atoms with Crippen molar-refractivity contribution in [2.45, 2.75) is 26.7 Å². The number of hydrogen-bond donors (Lipinski definition) is 2. The molecule has 0 aliphatic carbocycles. The van der Waals surface area contributed by atoms with Crippen LogP contribution in [0, 0.1) is 12.8 Å². The zero-order valence-corrected chi connectivity index (χ0v) is 13.0. The molecule has 0 aliphatic rings. The van der Waals surface area contributed by atoms with E-state index in [0.29, 0.717) is 11.7 Å². The lowest BCUT2D eigenvalue weighted by atomic mass is 9.90. The minimum absolute atomic E-state index is 0.352. The number of nitrogens with one attached hydrogen (secondary N) is 1. The molecule has 0 saturated heterocycles. The third kappa shape index (κ3) is 4.91. The van der Waals surface area contributed by atoms with Gasteiger partial charge in [-0.2, -0.15) is 0 Å². The fourth-order valence-corrected chi connectivity index (χ4v) is 2.73. The van der Waals surface area contributed by atoms with Crippen molar-refractivity contribution in [3.05, 3.63) is 65.2 Å². The molecule has 0 radical (unpaired) electrons. The smallest absolute Gasteiger partial charge is 0.115 e. The van der Waals surface area contributed by atoms with Gasteiger partial charge < -0.3 is 10.4 Å². The zero-order chi connectivity index (χ0) is 15.1. The Morgan fingerprint density at radius 3 is 2.57 bits per heavy atom. The van der Waals surface area contributed by atoms with Crippen molar-refractivity contribution in [2.24, 2.45) is 5.92 Å². The maximum absolute atomic E-state index is 9.62. The van der Waals surface area contributed by atoms with Gasteiger partial charge in [-0.25, -0.2) is 0 Å². The Labute approximate surface area is 127 Å². The van der Waals surface area contributed by atoms with Crippen molar-refractivity contribution >= 4 is 0 Å². The highest BCUT2D eigenvalue weighted by Crippen LogP contribution is 2.19. The van der Waals surface area contributed by atoms with Gasteiger partial charge in [-0.15, -0.1) is 0 Å². The summed E-state index contributed by atoms with van der Waals surface area (Å²) in [5.74, 6) is 0.887. The van der Waals surface area contributed by atoms with E-state index in [9.17, 15) is 5.11 Å². The Balaban J connectivity index is 2.09. The van der Waals surface area contributed by atoms with Crippen molar-refractivity contribution < 1.29 is 5.11 Å². The molecule has 0 aliphatic heterocycles. The molecule has 0 amide bonds. The Morgan fingerprint density at radius 1 is 1.05 bits per heavy atom. The number of rotatable bonds is 7. The molecule has 21 heavy (non-hydrogen) atoms. The number of hydrogen-bond acceptors (Lipinski definition) is 2. The minimum Gasteiger partial charge on any atom is -0.508 e. The van der Waals surface area contributed by atoms with Gasteiger partial charge in [-0.05, 0) is 67.6 Å². The van der Waals surface area contributed by atoms with Gasteiger partial charge in [0.2, 0.25) is 0 Å². The first kappa shape index (κ1) is 15.6. The predicted octanol–water partition coefficient (Wildman–Crippen LogP) is 3.71. The van der Waals surface area contributed by atoms with Gasteiger partial charge in [0.05, 0.1) is 0 Å². The largest absolute Gasteiger partial charge is 0.508 e. The van der Waals surface area contributed by atoms with Crippen LogP contribution in [0.2, 0.25) is 0 Å². The van der Waals surface area contributed by atoms with E-state index in [4.69, 9.17) is 0 Å². The molecule has 2 heteroatoms. The van der Waals surface area contributed by atoms with Crippen molar-refractivity contribution in [1.29, 1.82) is 0 Å². The summed E-state index contributed by atoms with van der Waals surface area (Å²) in [6.45, 7) is 6.30. The van der Waals surface area contributed by atoms with Crippen LogP contribution in [0.15, 0.2) is 48.5 Å². The third-order valence-electron chi connectivity index (χ3n) is 3.89. The first-order valence-corrected chi connectivity index (χ1v) is 7.72. The second-order valence-electron chi connectivity index (χ2n) is 5.68. The number of aryl methyl sites for hydroxylation is 1. The summed E-state index contributed by atoms with van der Waals surface area (Å²) in [5.41, 5.74) is 3.97. The van der Waals surface area contributed by atoms with Crippen LogP contribution in [-0.2, 0) is 12.8 Å². The zero-order valence-electron chi connectivity index (χ0n) is 13.0. The van der Waals surface area contributed by atoms with Crippen LogP contribution >= 0.6 is 0 Å². The Hall–Kier alpha value is -1.80. The lowest BCUT2D eigenvalue weighted by Crippen LogP contribution is -2.25. The molecule has 0 aromatic heterocycles. The van der Waals surface area contributed by atoms with E-state index in [2.05, 4.69) is 49.5 Å². The van der Waals surface area contributed by atoms with Crippen LogP contribution in [0.5, 0.6) is 5.75 Å². The summed E-state index contributed by atoms with van der Waals surface area (Å²) in [7, 11) is 0. The molecule has 0 saturated carbocycles. The third-order valence-corrected chi connectivity index (χ3v) is 3.89. The van der Waals surface area contributed by atoms with E-state index in [0.717, 1.165) is 25.9 Å². The highest BCUT2D eigenvalue weighted by atomic mass is 16.3. The molecule has 0 spiro atoms. The number of phenols is 1. The molecule has 1 atom stereocenters. The molecule has 1 unspecified atom stereocenters. The summed E-state index contributed by atoms with van der Waals surface area (Å²) in [6.07, 6.45) is 2.05. The summed E-state index contributed by atoms with van der Waals surface area (Å²) in [6, 6.07) is 16.2. The van der Waals surface area contributed by atoms with Crippen LogP contribution in [0.1, 0.15) is 23.6 Å². The van der Waals surface area contributed by atoms with Gasteiger partial charge >= 0.3 is 0 Å². The van der Waals surface area contributed by atoms with Crippen molar-refractivity contribution in [3.63, 3.8) is 0 Å². The van der Waals surface area contributed by atoms with Crippen molar-refractivity contribution in [1.82, 2.24) is 5.32 Å². The summed E-state index contributed by atoms with van der Waals surface area (Å²) in [4.78, 5) is 0. The van der Waals surface area contributed by atoms with Crippen LogP contribution in [-0.4, -0.2) is 18.2 Å². The average molecular weight is 283 g/mol. The summed E-state index contributed by atoms with van der Waals surface area (Å²) >= 11 is 0. The minimum atomic E-state index is 0.352. The fourth-order valence-electron chi connectivity index (χ4n) is 2.73. The number of benzene rings is 2. The monoisotopic (exact) mass is 283 g/mol. The predicted molar refractivity (Wildman–Crippen MR) is 88.7 cm³/mol. The molecule has 0 fully saturated rings. The first-order valence-electron chi connectivity index (χ1n) is 7.72. The summed E-state index contributed by atoms with van der Waals surface area (Å²) < 4.78 is 0. The molecular formula is C19H25NO. The maximum atomic E-state index is 9.62. The number of aromatic hydroxyl groups is 1. The Bertz CT molecular complexity index is 565. The van der Waals surface area contributed by atoms with Gasteiger partial charge in [0.15, 0.2) is 0 Å². The molecule has 0 bridgehead atoms. The van der Waals surface area contributed by atoms with Gasteiger partial charge in [0.25, 0.3) is 0 Å². The van der Waals surface area contributed by atoms with Gasteiger partial charge in [0.1, 0.15) is 5.75 Å². The van der Waals surface area contributed by atoms with Crippen LogP contribution < -0.4 is 5.32 Å². The van der Waals surface area contributed by atoms with Crippen LogP contribution in [0.25, 0.3) is 0 Å². The Kier molecular flexibility index (Phi) is 5.82. The second kappa shape index (κ2) is 7.84. The summed E-state index contributed by atoms with van der Waals surface area (Å²) in [5, 5.41) is 13.1. The first-order chi connectivity index (χ1) is 10.2. The van der Waals surface area contributed by atoms with E-state index in [1.54, 1.807) is 6.07 Å². The molecule has 112 valence electrons. The molecule has 2 N–H and O–H groups in total. The maximum Gasteiger partial charge on any atom is 0.115 e. The van der Waals surface area contributed by atoms with E-state index in [1.807, 2.05) is 12.1 Å². The quantitative estimate of drug-likeness (QED) is 0.812. The highest BCUT2D eigenvalue weighted by molar-refractivity contribution is 5.29. The van der Waals surface area contributed by atoms with E-state index < -0.39 is 0 Å². The van der Waals surface area contributed by atoms with Gasteiger partial charge in [-0.3, -0.25) is 0 Å². The lowest BCUT2D eigenvalue weighted by Gasteiger charge is -2.19. The van der Waals surface area contributed by atoms with E-state index in [1.165, 1.54) is 16.7 Å². The number of phenolic OH excluding ortho intramolecular Hbond substituents is 1. The SMILES string of the molecule is CCNCC(Cc1cccc(O)c1)Cc1ccccc1C. The molecule has 2 nitrogen and oxygen atoms in total. The molecule has 2 rings (SSSR count). The van der Waals surface area contributed by atoms with Gasteiger partial charge in [0, 0.05) is 0 Å². The molecular weight excluding hydrogens is 258 g/mol. The molecule has 0 heterocycles. The second-order valence-corrected chi connectivity index (χ2v) is 5.68. The van der Waals surface area contributed by atoms with E-state index >= 15 is 0 Å². The van der Waals surface area contributed by atoms with Gasteiger partial charge in [-0.1, -0.05) is 43.3 Å². The molecule has 2 aromatic rings. The van der Waals surface area contributed by atoms with Crippen molar-refractivity contribution in [3.8, 4) is 5.75 Å². The molecule has 2 aromatic carbocycles. The standard InChI is InChI=1S/C19H25NO/c1-3-20-14-17(11-16-8-6-10-19(21)13-16)12-18-9-5-4-7-15(18)2/h4-10,13,17,20-21H,3,11-12,14H2,1-2H3. The normalized spacial score (nSPS) is 12.3. The highest BCUT2D eigenvalue weighted by Gasteiger charge is 2.12. The van der Waals surface area contributed by atoms with E-state index in [-0.39, 0.29) is 0 Å². The van der Waals surface area contributed by atoms with Crippen molar-refractivity contribution in [2.75, 3.05) is 13.1 Å².